The highest BCUT2D eigenvalue weighted by molar-refractivity contribution is 4.85. The summed E-state index contributed by atoms with van der Waals surface area (Å²) in [6.45, 7) is 1.96. The highest BCUT2D eigenvalue weighted by Gasteiger charge is 2.37. The molecule has 4 heteroatoms. The van der Waals surface area contributed by atoms with Gasteiger partial charge in [-0.05, 0) is 27.4 Å². The number of rotatable bonds is 2. The maximum atomic E-state index is 9.58. The normalized spacial score (nSPS) is 41.1. The van der Waals surface area contributed by atoms with Crippen LogP contribution in [-0.2, 0) is 9.47 Å². The van der Waals surface area contributed by atoms with Gasteiger partial charge in [0.1, 0.15) is 6.10 Å². The number of nitrogens with zero attached hydrogens (tertiary/aromatic N) is 1. The van der Waals surface area contributed by atoms with Crippen molar-refractivity contribution >= 4 is 0 Å². The van der Waals surface area contributed by atoms with Crippen molar-refractivity contribution in [2.24, 2.45) is 0 Å². The highest BCUT2D eigenvalue weighted by atomic mass is 16.6. The minimum absolute atomic E-state index is 0.0915. The minimum atomic E-state index is -0.804. The summed E-state index contributed by atoms with van der Waals surface area (Å²) in [7, 11) is 5.58. The molecule has 0 saturated carbocycles. The van der Waals surface area contributed by atoms with Gasteiger partial charge < -0.3 is 19.5 Å². The Morgan fingerprint density at radius 1 is 1.46 bits per heavy atom. The van der Waals surface area contributed by atoms with E-state index in [1.165, 1.54) is 0 Å². The molecule has 0 aromatic carbocycles. The lowest BCUT2D eigenvalue weighted by molar-refractivity contribution is -0.237. The molecule has 1 fully saturated rings. The molecule has 1 aliphatic rings. The van der Waals surface area contributed by atoms with Gasteiger partial charge in [0.2, 0.25) is 0 Å². The molecular weight excluding hydrogens is 170 g/mol. The number of aliphatic hydroxyl groups excluding tert-OH is 1. The largest absolute Gasteiger partial charge is 0.375 e. The van der Waals surface area contributed by atoms with E-state index in [4.69, 9.17) is 9.47 Å². The van der Waals surface area contributed by atoms with Crippen LogP contribution in [0.15, 0.2) is 0 Å². The molecule has 1 rings (SSSR count). The SMILES string of the molecule is COC1C(O)OC(C)CC1N(C)C. The van der Waals surface area contributed by atoms with Gasteiger partial charge in [0.15, 0.2) is 6.29 Å². The number of hydrogen-bond acceptors (Lipinski definition) is 4. The number of hydrogen-bond donors (Lipinski definition) is 1. The van der Waals surface area contributed by atoms with Gasteiger partial charge >= 0.3 is 0 Å². The van der Waals surface area contributed by atoms with E-state index >= 15 is 0 Å². The third kappa shape index (κ3) is 2.40. The van der Waals surface area contributed by atoms with Crippen LogP contribution in [0.2, 0.25) is 0 Å². The number of aliphatic hydroxyl groups is 1. The van der Waals surface area contributed by atoms with E-state index in [1.54, 1.807) is 7.11 Å². The summed E-state index contributed by atoms with van der Waals surface area (Å²) in [5.41, 5.74) is 0. The molecular formula is C9H19NO3. The second-order valence-electron chi connectivity index (χ2n) is 3.80. The summed E-state index contributed by atoms with van der Waals surface area (Å²) in [5.74, 6) is 0. The van der Waals surface area contributed by atoms with Gasteiger partial charge in [-0.25, -0.2) is 0 Å². The molecule has 1 heterocycles. The van der Waals surface area contributed by atoms with Gasteiger partial charge in [0.05, 0.1) is 6.10 Å². The first-order chi connectivity index (χ1) is 6.06. The molecule has 0 spiro atoms. The zero-order chi connectivity index (χ0) is 10.0. The smallest absolute Gasteiger partial charge is 0.182 e. The van der Waals surface area contributed by atoms with Crippen molar-refractivity contribution in [1.82, 2.24) is 4.90 Å². The average molecular weight is 189 g/mol. The third-order valence-electron chi connectivity index (χ3n) is 2.54. The molecule has 0 radical (unpaired) electrons. The first-order valence-corrected chi connectivity index (χ1v) is 4.59. The maximum Gasteiger partial charge on any atom is 0.182 e. The van der Waals surface area contributed by atoms with Crippen LogP contribution in [0.4, 0.5) is 0 Å². The summed E-state index contributed by atoms with van der Waals surface area (Å²) in [4.78, 5) is 2.07. The minimum Gasteiger partial charge on any atom is -0.375 e. The predicted octanol–water partition coefficient (Wildman–Crippen LogP) is 0.0588. The predicted molar refractivity (Wildman–Crippen MR) is 49.4 cm³/mol. The fourth-order valence-electron chi connectivity index (χ4n) is 1.81. The molecule has 1 aliphatic heterocycles. The third-order valence-corrected chi connectivity index (χ3v) is 2.54. The van der Waals surface area contributed by atoms with Crippen LogP contribution >= 0.6 is 0 Å². The van der Waals surface area contributed by atoms with E-state index < -0.39 is 6.29 Å². The summed E-state index contributed by atoms with van der Waals surface area (Å²) in [6.07, 6.45) is -0.0658. The summed E-state index contributed by atoms with van der Waals surface area (Å²) >= 11 is 0. The highest BCUT2D eigenvalue weighted by Crippen LogP contribution is 2.23. The first-order valence-electron chi connectivity index (χ1n) is 4.59. The Bertz CT molecular complexity index is 163. The van der Waals surface area contributed by atoms with Gasteiger partial charge in [-0.2, -0.15) is 0 Å². The molecule has 0 aromatic rings. The molecule has 4 nitrogen and oxygen atoms in total. The monoisotopic (exact) mass is 189 g/mol. The lowest BCUT2D eigenvalue weighted by Crippen LogP contribution is -2.54. The summed E-state index contributed by atoms with van der Waals surface area (Å²) < 4.78 is 10.5. The van der Waals surface area contributed by atoms with Crippen LogP contribution in [0.1, 0.15) is 13.3 Å². The van der Waals surface area contributed by atoms with Crippen LogP contribution in [0.3, 0.4) is 0 Å². The van der Waals surface area contributed by atoms with Gasteiger partial charge in [-0.3, -0.25) is 0 Å². The second-order valence-corrected chi connectivity index (χ2v) is 3.80. The van der Waals surface area contributed by atoms with Crippen LogP contribution in [-0.4, -0.2) is 55.8 Å². The van der Waals surface area contributed by atoms with Crippen molar-refractivity contribution in [2.45, 2.75) is 37.9 Å². The summed E-state index contributed by atoms with van der Waals surface area (Å²) in [6, 6.07) is 0.226. The molecule has 78 valence electrons. The fraction of sp³-hybridized carbons (Fsp3) is 1.00. The number of likely N-dealkylation sites (N-methyl/N-ethyl adjacent to an activating group) is 1. The fourth-order valence-corrected chi connectivity index (χ4v) is 1.81. The lowest BCUT2D eigenvalue weighted by atomic mass is 9.99. The molecule has 4 unspecified atom stereocenters. The Labute approximate surface area is 79.4 Å². The van der Waals surface area contributed by atoms with Gasteiger partial charge in [-0.15, -0.1) is 0 Å². The van der Waals surface area contributed by atoms with E-state index in [0.29, 0.717) is 0 Å². The number of methoxy groups -OCH3 is 1. The van der Waals surface area contributed by atoms with E-state index in [0.717, 1.165) is 6.42 Å². The number of ether oxygens (including phenoxy) is 2. The lowest BCUT2D eigenvalue weighted by Gasteiger charge is -2.40. The van der Waals surface area contributed by atoms with E-state index in [2.05, 4.69) is 4.90 Å². The van der Waals surface area contributed by atoms with Gasteiger partial charge in [-0.1, -0.05) is 0 Å². The first kappa shape index (κ1) is 10.9. The van der Waals surface area contributed by atoms with Crippen molar-refractivity contribution in [1.29, 1.82) is 0 Å². The maximum absolute atomic E-state index is 9.58. The Hall–Kier alpha value is -0.160. The molecule has 13 heavy (non-hydrogen) atoms. The Morgan fingerprint density at radius 3 is 2.54 bits per heavy atom. The van der Waals surface area contributed by atoms with Crippen molar-refractivity contribution in [2.75, 3.05) is 21.2 Å². The van der Waals surface area contributed by atoms with Crippen LogP contribution in [0.25, 0.3) is 0 Å². The Morgan fingerprint density at radius 2 is 2.08 bits per heavy atom. The van der Waals surface area contributed by atoms with Crippen molar-refractivity contribution < 1.29 is 14.6 Å². The zero-order valence-corrected chi connectivity index (χ0v) is 8.73. The van der Waals surface area contributed by atoms with Crippen LogP contribution in [0, 0.1) is 0 Å². The zero-order valence-electron chi connectivity index (χ0n) is 8.73. The molecule has 4 atom stereocenters. The average Bonchev–Trinajstić information content (AvgIpc) is 2.02. The molecule has 0 aliphatic carbocycles. The molecule has 0 aromatic heterocycles. The van der Waals surface area contributed by atoms with Crippen LogP contribution in [0.5, 0.6) is 0 Å². The topological polar surface area (TPSA) is 41.9 Å². The summed E-state index contributed by atoms with van der Waals surface area (Å²) in [5, 5.41) is 9.58. The quantitative estimate of drug-likeness (QED) is 0.667. The molecule has 0 amide bonds. The van der Waals surface area contributed by atoms with E-state index in [1.807, 2.05) is 21.0 Å². The van der Waals surface area contributed by atoms with E-state index in [-0.39, 0.29) is 18.2 Å². The van der Waals surface area contributed by atoms with E-state index in [9.17, 15) is 5.11 Å². The van der Waals surface area contributed by atoms with Gasteiger partial charge in [0, 0.05) is 13.2 Å². The molecule has 1 N–H and O–H groups in total. The van der Waals surface area contributed by atoms with Crippen molar-refractivity contribution in [3.8, 4) is 0 Å². The van der Waals surface area contributed by atoms with Gasteiger partial charge in [0.25, 0.3) is 0 Å². The Balaban J connectivity index is 2.66. The van der Waals surface area contributed by atoms with Crippen molar-refractivity contribution in [3.63, 3.8) is 0 Å². The second kappa shape index (κ2) is 4.37. The Kier molecular flexibility index (Phi) is 3.67. The van der Waals surface area contributed by atoms with Crippen molar-refractivity contribution in [3.05, 3.63) is 0 Å². The standard InChI is InChI=1S/C9H19NO3/c1-6-5-7(10(2)3)8(12-4)9(11)13-6/h6-9,11H,5H2,1-4H3. The molecule has 1 saturated heterocycles. The molecule has 0 bridgehead atoms. The van der Waals surface area contributed by atoms with Crippen LogP contribution < -0.4 is 0 Å².